The molecule has 0 atom stereocenters. The topological polar surface area (TPSA) is 17.1 Å². The zero-order valence-electron chi connectivity index (χ0n) is 12.2. The molecule has 0 fully saturated rings. The lowest BCUT2D eigenvalue weighted by molar-refractivity contribution is 0.103. The number of hydrogen-bond acceptors (Lipinski definition) is 1. The minimum atomic E-state index is -0.106. The number of halogens is 4. The molecular formula is C19H10BrCl3O. The molecule has 0 aliphatic rings. The van der Waals surface area contributed by atoms with Crippen molar-refractivity contribution in [2.75, 3.05) is 0 Å². The monoisotopic (exact) mass is 438 g/mol. The highest BCUT2D eigenvalue weighted by Crippen LogP contribution is 2.30. The number of carbonyl (C=O) groups is 1. The highest BCUT2D eigenvalue weighted by Gasteiger charge is 2.15. The summed E-state index contributed by atoms with van der Waals surface area (Å²) >= 11 is 21.2. The number of benzene rings is 3. The van der Waals surface area contributed by atoms with Crippen LogP contribution >= 0.6 is 50.7 Å². The molecule has 0 aromatic heterocycles. The van der Waals surface area contributed by atoms with Crippen molar-refractivity contribution in [2.24, 2.45) is 0 Å². The number of carbonyl (C=O) groups excluding carboxylic acids is 1. The van der Waals surface area contributed by atoms with Crippen LogP contribution in [0.15, 0.2) is 63.6 Å². The maximum atomic E-state index is 12.9. The Balaban J connectivity index is 2.25. The van der Waals surface area contributed by atoms with E-state index < -0.39 is 0 Å². The van der Waals surface area contributed by atoms with Crippen LogP contribution in [0.2, 0.25) is 5.02 Å². The third kappa shape index (κ3) is 3.68. The summed E-state index contributed by atoms with van der Waals surface area (Å²) in [6.45, 7) is 0. The van der Waals surface area contributed by atoms with Crippen molar-refractivity contribution in [1.29, 1.82) is 0 Å². The van der Waals surface area contributed by atoms with Crippen LogP contribution in [-0.2, 0) is 0 Å². The third-order valence-electron chi connectivity index (χ3n) is 3.63. The fourth-order valence-corrected chi connectivity index (χ4v) is 3.19. The van der Waals surface area contributed by atoms with Crippen LogP contribution in [0, 0.1) is 0 Å². The Labute approximate surface area is 163 Å². The van der Waals surface area contributed by atoms with E-state index in [2.05, 4.69) is 15.9 Å². The molecular weight excluding hydrogens is 430 g/mol. The smallest absolute Gasteiger partial charge is 0.193 e. The van der Waals surface area contributed by atoms with Crippen LogP contribution in [0.3, 0.4) is 0 Å². The SMILES string of the molecule is O=C(c1ccc(Br)cc1)c1ccc2ccc(Cl)cc2c1C=C(Cl)Cl. The molecule has 0 saturated heterocycles. The Bertz CT molecular complexity index is 958. The maximum absolute atomic E-state index is 12.9. The van der Waals surface area contributed by atoms with Gasteiger partial charge < -0.3 is 0 Å². The fourth-order valence-electron chi connectivity index (χ4n) is 2.53. The predicted molar refractivity (Wildman–Crippen MR) is 106 cm³/mol. The van der Waals surface area contributed by atoms with Crippen LogP contribution in [0.25, 0.3) is 16.8 Å². The van der Waals surface area contributed by atoms with E-state index in [0.29, 0.717) is 21.7 Å². The van der Waals surface area contributed by atoms with E-state index in [-0.39, 0.29) is 10.3 Å². The van der Waals surface area contributed by atoms with Gasteiger partial charge in [0, 0.05) is 20.6 Å². The van der Waals surface area contributed by atoms with Crippen molar-refractivity contribution in [3.05, 3.63) is 85.3 Å². The number of rotatable bonds is 3. The van der Waals surface area contributed by atoms with Crippen LogP contribution in [0.4, 0.5) is 0 Å². The summed E-state index contributed by atoms with van der Waals surface area (Å²) in [5.74, 6) is -0.106. The first-order valence-corrected chi connectivity index (χ1v) is 8.93. The first-order chi connectivity index (χ1) is 11.5. The average molecular weight is 441 g/mol. The molecule has 24 heavy (non-hydrogen) atoms. The summed E-state index contributed by atoms with van der Waals surface area (Å²) in [6.07, 6.45) is 1.58. The molecule has 3 aromatic carbocycles. The summed E-state index contributed by atoms with van der Waals surface area (Å²) in [7, 11) is 0. The van der Waals surface area contributed by atoms with Crippen molar-refractivity contribution in [2.45, 2.75) is 0 Å². The Morgan fingerprint density at radius 1 is 0.958 bits per heavy atom. The lowest BCUT2D eigenvalue weighted by Gasteiger charge is -2.10. The molecule has 0 radical (unpaired) electrons. The first-order valence-electron chi connectivity index (χ1n) is 7.01. The molecule has 3 aromatic rings. The van der Waals surface area contributed by atoms with Crippen molar-refractivity contribution in [3.8, 4) is 0 Å². The van der Waals surface area contributed by atoms with Gasteiger partial charge in [-0.1, -0.05) is 62.9 Å². The van der Waals surface area contributed by atoms with Gasteiger partial charge in [-0.2, -0.15) is 0 Å². The van der Waals surface area contributed by atoms with Gasteiger partial charge in [0.25, 0.3) is 0 Å². The molecule has 0 heterocycles. The Hall–Kier alpha value is -1.32. The van der Waals surface area contributed by atoms with E-state index in [1.54, 1.807) is 36.4 Å². The summed E-state index contributed by atoms with van der Waals surface area (Å²) in [4.78, 5) is 12.9. The van der Waals surface area contributed by atoms with E-state index in [0.717, 1.165) is 15.2 Å². The summed E-state index contributed by atoms with van der Waals surface area (Å²) in [5.41, 5.74) is 1.76. The Kier molecular flexibility index (Phi) is 5.31. The average Bonchev–Trinajstić information content (AvgIpc) is 2.55. The Morgan fingerprint density at radius 2 is 1.62 bits per heavy atom. The zero-order valence-corrected chi connectivity index (χ0v) is 16.0. The van der Waals surface area contributed by atoms with E-state index in [4.69, 9.17) is 34.8 Å². The molecule has 0 spiro atoms. The molecule has 0 aliphatic carbocycles. The predicted octanol–water partition coefficient (Wildman–Crippen LogP) is 7.26. The normalized spacial score (nSPS) is 10.7. The number of hydrogen-bond donors (Lipinski definition) is 0. The summed E-state index contributed by atoms with van der Waals surface area (Å²) in [6, 6.07) is 16.4. The highest BCUT2D eigenvalue weighted by molar-refractivity contribution is 9.10. The molecule has 120 valence electrons. The van der Waals surface area contributed by atoms with Crippen molar-refractivity contribution >= 4 is 73.4 Å². The first kappa shape index (κ1) is 17.5. The second kappa shape index (κ2) is 7.28. The maximum Gasteiger partial charge on any atom is 0.193 e. The van der Waals surface area contributed by atoms with E-state index in [1.807, 2.05) is 24.3 Å². The summed E-state index contributed by atoms with van der Waals surface area (Å²) < 4.78 is 0.987. The van der Waals surface area contributed by atoms with Gasteiger partial charge in [-0.15, -0.1) is 0 Å². The van der Waals surface area contributed by atoms with Gasteiger partial charge in [-0.3, -0.25) is 4.79 Å². The molecule has 0 unspecified atom stereocenters. The molecule has 5 heteroatoms. The summed E-state index contributed by atoms with van der Waals surface area (Å²) in [5, 5.41) is 2.35. The van der Waals surface area contributed by atoms with Gasteiger partial charge in [-0.05, 0) is 64.9 Å². The van der Waals surface area contributed by atoms with E-state index in [9.17, 15) is 4.79 Å². The van der Waals surface area contributed by atoms with Gasteiger partial charge in [0.2, 0.25) is 0 Å². The second-order valence-corrected chi connectivity index (χ2v) is 7.52. The van der Waals surface area contributed by atoms with Gasteiger partial charge in [0.15, 0.2) is 5.78 Å². The molecule has 0 amide bonds. The molecule has 0 saturated carbocycles. The minimum Gasteiger partial charge on any atom is -0.289 e. The van der Waals surface area contributed by atoms with Crippen LogP contribution < -0.4 is 0 Å². The van der Waals surface area contributed by atoms with Crippen molar-refractivity contribution < 1.29 is 4.79 Å². The van der Waals surface area contributed by atoms with Gasteiger partial charge in [-0.25, -0.2) is 0 Å². The van der Waals surface area contributed by atoms with Gasteiger partial charge in [0.05, 0.1) is 0 Å². The standard InChI is InChI=1S/C19H10BrCl3O/c20-13-5-1-12(2-6-13)19(24)15-8-4-11-3-7-14(21)9-16(11)17(15)10-18(22)23/h1-10H. The second-order valence-electron chi connectivity index (χ2n) is 5.16. The van der Waals surface area contributed by atoms with Crippen molar-refractivity contribution in [3.63, 3.8) is 0 Å². The molecule has 0 N–H and O–H groups in total. The number of fused-ring (bicyclic) bond motifs is 1. The van der Waals surface area contributed by atoms with Crippen LogP contribution in [-0.4, -0.2) is 5.78 Å². The quantitative estimate of drug-likeness (QED) is 0.392. The van der Waals surface area contributed by atoms with Crippen molar-refractivity contribution in [1.82, 2.24) is 0 Å². The lowest BCUT2D eigenvalue weighted by atomic mass is 9.93. The molecule has 0 bridgehead atoms. The molecule has 0 aliphatic heterocycles. The van der Waals surface area contributed by atoms with Gasteiger partial charge >= 0.3 is 0 Å². The number of ketones is 1. The zero-order chi connectivity index (χ0) is 17.3. The molecule has 3 rings (SSSR count). The third-order valence-corrected chi connectivity index (χ3v) is 4.61. The highest BCUT2D eigenvalue weighted by atomic mass is 79.9. The van der Waals surface area contributed by atoms with Crippen LogP contribution in [0.5, 0.6) is 0 Å². The lowest BCUT2D eigenvalue weighted by Crippen LogP contribution is -2.04. The molecule has 1 nitrogen and oxygen atoms in total. The van der Waals surface area contributed by atoms with Gasteiger partial charge in [0.1, 0.15) is 4.49 Å². The van der Waals surface area contributed by atoms with E-state index in [1.165, 1.54) is 0 Å². The largest absolute Gasteiger partial charge is 0.289 e. The minimum absolute atomic E-state index is 0.0762. The van der Waals surface area contributed by atoms with Crippen LogP contribution in [0.1, 0.15) is 21.5 Å². The fraction of sp³-hybridized carbons (Fsp3) is 0. The Morgan fingerprint density at radius 3 is 2.29 bits per heavy atom. The van der Waals surface area contributed by atoms with E-state index >= 15 is 0 Å².